The summed E-state index contributed by atoms with van der Waals surface area (Å²) in [6.07, 6.45) is 3.96. The average molecular weight is 304 g/mol. The third-order valence-electron chi connectivity index (χ3n) is 3.49. The molecule has 0 atom stereocenters. The van der Waals surface area contributed by atoms with Crippen LogP contribution in [0.1, 0.15) is 23.2 Å². The maximum Gasteiger partial charge on any atom is 0.251 e. The van der Waals surface area contributed by atoms with E-state index in [1.807, 2.05) is 12.1 Å². The summed E-state index contributed by atoms with van der Waals surface area (Å²) in [5, 5.41) is 6.22. The molecule has 5 nitrogen and oxygen atoms in total. The molecule has 1 aliphatic heterocycles. The standard InChI is InChI=1S/C17H24N2O3/c1-21-10-3-11-22-16-5-2-4-15(12-16)17(20)19-13-14-6-8-18-9-7-14/h2,4-6,12,18H,3,7-11,13H2,1H3,(H,19,20). The van der Waals surface area contributed by atoms with Crippen LogP contribution in [0.4, 0.5) is 0 Å². The molecule has 0 fully saturated rings. The largest absolute Gasteiger partial charge is 0.493 e. The molecule has 0 aliphatic carbocycles. The highest BCUT2D eigenvalue weighted by Crippen LogP contribution is 2.14. The Morgan fingerprint density at radius 1 is 1.36 bits per heavy atom. The van der Waals surface area contributed by atoms with Crippen LogP contribution in [0.15, 0.2) is 35.9 Å². The van der Waals surface area contributed by atoms with Crippen molar-refractivity contribution in [1.82, 2.24) is 10.6 Å². The van der Waals surface area contributed by atoms with Crippen molar-refractivity contribution < 1.29 is 14.3 Å². The average Bonchev–Trinajstić information content (AvgIpc) is 2.58. The van der Waals surface area contributed by atoms with Gasteiger partial charge < -0.3 is 20.1 Å². The second kappa shape index (κ2) is 9.23. The molecule has 0 saturated heterocycles. The fourth-order valence-corrected chi connectivity index (χ4v) is 2.25. The Morgan fingerprint density at radius 3 is 3.05 bits per heavy atom. The molecule has 120 valence electrons. The molecule has 22 heavy (non-hydrogen) atoms. The van der Waals surface area contributed by atoms with Crippen LogP contribution < -0.4 is 15.4 Å². The van der Waals surface area contributed by atoms with Crippen LogP contribution in [0.25, 0.3) is 0 Å². The normalized spacial score (nSPS) is 14.3. The highest BCUT2D eigenvalue weighted by Gasteiger charge is 2.08. The summed E-state index contributed by atoms with van der Waals surface area (Å²) in [5.41, 5.74) is 1.90. The van der Waals surface area contributed by atoms with E-state index in [2.05, 4.69) is 16.7 Å². The minimum atomic E-state index is -0.0678. The van der Waals surface area contributed by atoms with Gasteiger partial charge in [-0.05, 0) is 31.2 Å². The van der Waals surface area contributed by atoms with Crippen LogP contribution in [0.5, 0.6) is 5.75 Å². The number of hydrogen-bond donors (Lipinski definition) is 2. The summed E-state index contributed by atoms with van der Waals surface area (Å²) in [4.78, 5) is 12.2. The number of nitrogens with one attached hydrogen (secondary N) is 2. The molecule has 0 aromatic heterocycles. The van der Waals surface area contributed by atoms with E-state index in [9.17, 15) is 4.79 Å². The quantitative estimate of drug-likeness (QED) is 0.567. The SMILES string of the molecule is COCCCOc1cccc(C(=O)NCC2=CCNCC2)c1. The van der Waals surface area contributed by atoms with Crippen molar-refractivity contribution >= 4 is 5.91 Å². The first-order chi connectivity index (χ1) is 10.8. The monoisotopic (exact) mass is 304 g/mol. The fourth-order valence-electron chi connectivity index (χ4n) is 2.25. The van der Waals surface area contributed by atoms with Crippen LogP contribution in [-0.2, 0) is 4.74 Å². The Hall–Kier alpha value is -1.85. The van der Waals surface area contributed by atoms with E-state index in [0.29, 0.717) is 31.1 Å². The number of carbonyl (C=O) groups is 1. The van der Waals surface area contributed by atoms with Gasteiger partial charge in [0.1, 0.15) is 5.75 Å². The minimum Gasteiger partial charge on any atom is -0.493 e. The number of hydrogen-bond acceptors (Lipinski definition) is 4. The van der Waals surface area contributed by atoms with E-state index >= 15 is 0 Å². The molecule has 2 N–H and O–H groups in total. The van der Waals surface area contributed by atoms with Crippen LogP contribution in [0, 0.1) is 0 Å². The molecule has 1 aromatic carbocycles. The van der Waals surface area contributed by atoms with Crippen LogP contribution in [0.3, 0.4) is 0 Å². The Kier molecular flexibility index (Phi) is 6.93. The number of ether oxygens (including phenoxy) is 2. The van der Waals surface area contributed by atoms with Crippen LogP contribution >= 0.6 is 0 Å². The summed E-state index contributed by atoms with van der Waals surface area (Å²) in [5.74, 6) is 0.645. The van der Waals surface area contributed by atoms with Gasteiger partial charge in [-0.25, -0.2) is 0 Å². The molecule has 0 bridgehead atoms. The fraction of sp³-hybridized carbons (Fsp3) is 0.471. The predicted molar refractivity (Wildman–Crippen MR) is 86.3 cm³/mol. The van der Waals surface area contributed by atoms with E-state index in [4.69, 9.17) is 9.47 Å². The first-order valence-electron chi connectivity index (χ1n) is 7.68. The second-order valence-electron chi connectivity index (χ2n) is 5.22. The molecule has 2 rings (SSSR count). The third kappa shape index (κ3) is 5.50. The van der Waals surface area contributed by atoms with Gasteiger partial charge >= 0.3 is 0 Å². The number of carbonyl (C=O) groups excluding carboxylic acids is 1. The smallest absolute Gasteiger partial charge is 0.251 e. The molecule has 1 aliphatic rings. The van der Waals surface area contributed by atoms with E-state index in [-0.39, 0.29) is 5.91 Å². The van der Waals surface area contributed by atoms with Gasteiger partial charge in [0.2, 0.25) is 0 Å². The highest BCUT2D eigenvalue weighted by atomic mass is 16.5. The molecule has 1 amide bonds. The van der Waals surface area contributed by atoms with Gasteiger partial charge in [0.25, 0.3) is 5.91 Å². The van der Waals surface area contributed by atoms with Crippen molar-refractivity contribution in [3.63, 3.8) is 0 Å². The number of amides is 1. The molecule has 1 heterocycles. The van der Waals surface area contributed by atoms with Gasteiger partial charge in [0, 0.05) is 38.8 Å². The number of methoxy groups -OCH3 is 1. The number of rotatable bonds is 8. The van der Waals surface area contributed by atoms with E-state index in [0.717, 1.165) is 25.9 Å². The molecular weight excluding hydrogens is 280 g/mol. The number of benzene rings is 1. The Bertz CT molecular complexity index is 514. The van der Waals surface area contributed by atoms with Crippen molar-refractivity contribution in [2.24, 2.45) is 0 Å². The minimum absolute atomic E-state index is 0.0678. The molecular formula is C17H24N2O3. The van der Waals surface area contributed by atoms with Crippen molar-refractivity contribution in [3.05, 3.63) is 41.5 Å². The predicted octanol–water partition coefficient (Wildman–Crippen LogP) is 1.75. The lowest BCUT2D eigenvalue weighted by atomic mass is 10.1. The lowest BCUT2D eigenvalue weighted by Crippen LogP contribution is -2.29. The molecule has 1 aromatic rings. The Labute approximate surface area is 131 Å². The van der Waals surface area contributed by atoms with Gasteiger partial charge in [0.15, 0.2) is 0 Å². The zero-order chi connectivity index (χ0) is 15.6. The highest BCUT2D eigenvalue weighted by molar-refractivity contribution is 5.94. The van der Waals surface area contributed by atoms with Crippen LogP contribution in [-0.4, -0.2) is 45.9 Å². The molecule has 0 unspecified atom stereocenters. The summed E-state index contributed by atoms with van der Waals surface area (Å²) in [6.45, 7) is 3.73. The van der Waals surface area contributed by atoms with Gasteiger partial charge in [-0.15, -0.1) is 0 Å². The lowest BCUT2D eigenvalue weighted by Gasteiger charge is -2.14. The van der Waals surface area contributed by atoms with Gasteiger partial charge in [0.05, 0.1) is 6.61 Å². The summed E-state index contributed by atoms with van der Waals surface area (Å²) < 4.78 is 10.6. The molecule has 5 heteroatoms. The van der Waals surface area contributed by atoms with Crippen molar-refractivity contribution in [2.75, 3.05) is 40.0 Å². The second-order valence-corrected chi connectivity index (χ2v) is 5.22. The zero-order valence-corrected chi connectivity index (χ0v) is 13.1. The Morgan fingerprint density at radius 2 is 2.27 bits per heavy atom. The molecule has 0 spiro atoms. The van der Waals surface area contributed by atoms with Gasteiger partial charge in [-0.2, -0.15) is 0 Å². The van der Waals surface area contributed by atoms with E-state index < -0.39 is 0 Å². The maximum atomic E-state index is 12.2. The van der Waals surface area contributed by atoms with Crippen molar-refractivity contribution in [3.8, 4) is 5.75 Å². The van der Waals surface area contributed by atoms with Gasteiger partial charge in [-0.3, -0.25) is 4.79 Å². The maximum absolute atomic E-state index is 12.2. The molecule has 0 saturated carbocycles. The molecule has 0 radical (unpaired) electrons. The Balaban J connectivity index is 1.82. The van der Waals surface area contributed by atoms with E-state index in [1.165, 1.54) is 5.57 Å². The first kappa shape index (κ1) is 16.5. The van der Waals surface area contributed by atoms with Crippen molar-refractivity contribution in [2.45, 2.75) is 12.8 Å². The van der Waals surface area contributed by atoms with Crippen molar-refractivity contribution in [1.29, 1.82) is 0 Å². The lowest BCUT2D eigenvalue weighted by molar-refractivity contribution is 0.0956. The summed E-state index contributed by atoms with van der Waals surface area (Å²) >= 11 is 0. The third-order valence-corrected chi connectivity index (χ3v) is 3.49. The topological polar surface area (TPSA) is 59.6 Å². The van der Waals surface area contributed by atoms with Gasteiger partial charge in [-0.1, -0.05) is 17.7 Å². The van der Waals surface area contributed by atoms with Crippen LogP contribution in [0.2, 0.25) is 0 Å². The first-order valence-corrected chi connectivity index (χ1v) is 7.68. The zero-order valence-electron chi connectivity index (χ0n) is 13.1. The summed E-state index contributed by atoms with van der Waals surface area (Å²) in [7, 11) is 1.67. The summed E-state index contributed by atoms with van der Waals surface area (Å²) in [6, 6.07) is 7.27. The van der Waals surface area contributed by atoms with E-state index in [1.54, 1.807) is 19.2 Å².